The van der Waals surface area contributed by atoms with E-state index in [-0.39, 0.29) is 20.1 Å². The van der Waals surface area contributed by atoms with Crippen LogP contribution in [0.4, 0.5) is 13.2 Å². The Bertz CT molecular complexity index is 1670. The maximum Gasteiger partial charge on any atom is 3.00 e. The van der Waals surface area contributed by atoms with Gasteiger partial charge in [0.05, 0.1) is 5.75 Å². The van der Waals surface area contributed by atoms with Gasteiger partial charge >= 0.3 is 35.7 Å². The molecular formula is C34H23F3IrN3O3S. The fraction of sp³-hybridized carbons (Fsp3) is 0.0294. The van der Waals surface area contributed by atoms with Crippen LogP contribution in [0.5, 0.6) is 5.75 Å². The van der Waals surface area contributed by atoms with Crippen molar-refractivity contribution in [3.63, 3.8) is 0 Å². The molecule has 0 aliphatic heterocycles. The zero-order valence-corrected chi connectivity index (χ0v) is 26.4. The standard InChI is InChI=1S/C12H7F3NO3S.2C11H8N.Ir/c13-12(14,15)20(17,18)19-10-5-3-4-9(8-10)11-6-1-2-7-16-11;2*1-2-6-10(7-3-1)11-8-4-5-9-12-11;/h1-3,5-8H;2*1-6,8-9H;/q3*-1;+3. The summed E-state index contributed by atoms with van der Waals surface area (Å²) in [5, 5.41) is 0. The van der Waals surface area contributed by atoms with E-state index in [0.29, 0.717) is 11.3 Å². The van der Waals surface area contributed by atoms with E-state index in [0.717, 1.165) is 34.6 Å². The Labute approximate surface area is 273 Å². The first-order valence-electron chi connectivity index (χ1n) is 12.9. The van der Waals surface area contributed by atoms with Crippen molar-refractivity contribution in [2.24, 2.45) is 0 Å². The molecule has 228 valence electrons. The summed E-state index contributed by atoms with van der Waals surface area (Å²) in [5.41, 5.74) is -0.701. The van der Waals surface area contributed by atoms with E-state index in [1.54, 1.807) is 30.6 Å². The van der Waals surface area contributed by atoms with Crippen molar-refractivity contribution in [2.45, 2.75) is 5.51 Å². The number of rotatable bonds is 5. The van der Waals surface area contributed by atoms with Gasteiger partial charge in [-0.1, -0.05) is 48.5 Å². The van der Waals surface area contributed by atoms with Gasteiger partial charge in [-0.15, -0.1) is 89.5 Å². The largest absolute Gasteiger partial charge is 3.00 e. The third-order valence-corrected chi connectivity index (χ3v) is 6.48. The van der Waals surface area contributed by atoms with Crippen molar-refractivity contribution >= 4 is 10.1 Å². The molecule has 6 rings (SSSR count). The molecule has 11 heteroatoms. The van der Waals surface area contributed by atoms with Gasteiger partial charge < -0.3 is 19.1 Å². The summed E-state index contributed by atoms with van der Waals surface area (Å²) in [5.74, 6) is -0.457. The molecule has 0 saturated carbocycles. The third-order valence-electron chi connectivity index (χ3n) is 5.50. The maximum atomic E-state index is 12.2. The maximum absolute atomic E-state index is 12.2. The van der Waals surface area contributed by atoms with Gasteiger partial charge in [0.2, 0.25) is 0 Å². The van der Waals surface area contributed by atoms with E-state index in [1.165, 1.54) is 12.3 Å². The third kappa shape index (κ3) is 10.8. The minimum atomic E-state index is -5.68. The number of halogens is 3. The second-order valence-electron chi connectivity index (χ2n) is 8.62. The molecule has 0 aliphatic carbocycles. The average molecular weight is 803 g/mol. The molecule has 0 radical (unpaired) electrons. The summed E-state index contributed by atoms with van der Waals surface area (Å²) in [6.07, 6.45) is 5.06. The average Bonchev–Trinajstić information content (AvgIpc) is 3.07. The van der Waals surface area contributed by atoms with Gasteiger partial charge in [0.1, 0.15) is 0 Å². The second-order valence-corrected chi connectivity index (χ2v) is 10.2. The van der Waals surface area contributed by atoms with E-state index in [1.807, 2.05) is 84.9 Å². The summed E-state index contributed by atoms with van der Waals surface area (Å²) in [4.78, 5) is 12.4. The summed E-state index contributed by atoms with van der Waals surface area (Å²) in [7, 11) is -5.68. The van der Waals surface area contributed by atoms with E-state index < -0.39 is 21.4 Å². The molecule has 6 nitrogen and oxygen atoms in total. The summed E-state index contributed by atoms with van der Waals surface area (Å²) in [6, 6.07) is 44.7. The van der Waals surface area contributed by atoms with Gasteiger partial charge in [-0.2, -0.15) is 21.6 Å². The molecule has 3 aromatic carbocycles. The zero-order valence-electron chi connectivity index (χ0n) is 23.2. The number of alkyl halides is 3. The van der Waals surface area contributed by atoms with Crippen LogP contribution in [0, 0.1) is 18.2 Å². The topological polar surface area (TPSA) is 82.0 Å². The number of benzene rings is 3. The number of hydrogen-bond donors (Lipinski definition) is 0. The molecule has 0 aliphatic rings. The second kappa shape index (κ2) is 17.0. The first-order valence-corrected chi connectivity index (χ1v) is 14.3. The molecule has 3 aromatic heterocycles. The quantitative estimate of drug-likeness (QED) is 0.100. The minimum Gasteiger partial charge on any atom is -0.396 e. The van der Waals surface area contributed by atoms with Crippen LogP contribution in [-0.4, -0.2) is 28.9 Å². The Balaban J connectivity index is 0.000000191. The molecule has 0 fully saturated rings. The van der Waals surface area contributed by atoms with Crippen molar-refractivity contribution in [3.8, 4) is 39.5 Å². The van der Waals surface area contributed by atoms with Crippen molar-refractivity contribution in [2.75, 3.05) is 0 Å². The molecule has 3 heterocycles. The van der Waals surface area contributed by atoms with Gasteiger partial charge in [-0.3, -0.25) is 0 Å². The van der Waals surface area contributed by atoms with Crippen LogP contribution < -0.4 is 4.18 Å². The zero-order chi connectivity index (χ0) is 31.3. The number of aromatic nitrogens is 3. The molecule has 0 amide bonds. The molecule has 0 bridgehead atoms. The molecule has 45 heavy (non-hydrogen) atoms. The van der Waals surface area contributed by atoms with Crippen LogP contribution in [-0.2, 0) is 30.2 Å². The predicted molar refractivity (Wildman–Crippen MR) is 161 cm³/mol. The van der Waals surface area contributed by atoms with E-state index in [9.17, 15) is 21.6 Å². The van der Waals surface area contributed by atoms with Gasteiger partial charge in [-0.25, -0.2) is 0 Å². The molecule has 0 spiro atoms. The fourth-order valence-corrected chi connectivity index (χ4v) is 3.94. The molecule has 0 saturated heterocycles. The van der Waals surface area contributed by atoms with Crippen molar-refractivity contribution in [1.29, 1.82) is 0 Å². The molecule has 0 unspecified atom stereocenters. The van der Waals surface area contributed by atoms with Gasteiger partial charge in [0.15, 0.2) is 0 Å². The van der Waals surface area contributed by atoms with E-state index in [4.69, 9.17) is 0 Å². The van der Waals surface area contributed by atoms with Crippen LogP contribution in [0.1, 0.15) is 0 Å². The van der Waals surface area contributed by atoms with Crippen molar-refractivity contribution < 1.29 is 45.9 Å². The van der Waals surface area contributed by atoms with Gasteiger partial charge in [0, 0.05) is 18.6 Å². The Morgan fingerprint density at radius 3 is 1.36 bits per heavy atom. The Hall–Kier alpha value is -4.70. The van der Waals surface area contributed by atoms with E-state index in [2.05, 4.69) is 37.3 Å². The first kappa shape index (κ1) is 34.8. The van der Waals surface area contributed by atoms with Crippen molar-refractivity contribution in [3.05, 3.63) is 158 Å². The SMILES string of the molecule is O=S(=O)(Oc1cc[c-]c(-c2ccccn2)c1)C(F)(F)F.[Ir+3].[c-]1ccccc1-c1ccccn1.[c-]1ccccc1-c1ccccn1. The molecule has 0 atom stereocenters. The minimum absolute atomic E-state index is 0. The summed E-state index contributed by atoms with van der Waals surface area (Å²) >= 11 is 0. The normalized spacial score (nSPS) is 10.6. The Morgan fingerprint density at radius 2 is 0.978 bits per heavy atom. The van der Waals surface area contributed by atoms with Crippen LogP contribution in [0.25, 0.3) is 33.8 Å². The van der Waals surface area contributed by atoms with Crippen LogP contribution in [0.15, 0.2) is 140 Å². The Morgan fingerprint density at radius 1 is 0.556 bits per heavy atom. The summed E-state index contributed by atoms with van der Waals surface area (Å²) in [6.45, 7) is 0. The van der Waals surface area contributed by atoms with Crippen molar-refractivity contribution in [1.82, 2.24) is 15.0 Å². The van der Waals surface area contributed by atoms with Gasteiger partial charge in [-0.05, 0) is 35.3 Å². The van der Waals surface area contributed by atoms with Crippen LogP contribution in [0.3, 0.4) is 0 Å². The smallest absolute Gasteiger partial charge is 0.396 e. The Kier molecular flexibility index (Phi) is 13.1. The van der Waals surface area contributed by atoms with Crippen LogP contribution in [0.2, 0.25) is 0 Å². The molecule has 6 aromatic rings. The predicted octanol–water partition coefficient (Wildman–Crippen LogP) is 7.87. The molecular weight excluding hydrogens is 780 g/mol. The summed E-state index contributed by atoms with van der Waals surface area (Å²) < 4.78 is 62.4. The fourth-order valence-electron chi connectivity index (χ4n) is 3.49. The number of pyridine rings is 3. The first-order chi connectivity index (χ1) is 21.2. The molecule has 0 N–H and O–H groups in total. The monoisotopic (exact) mass is 803 g/mol. The van der Waals surface area contributed by atoms with Crippen LogP contribution >= 0.6 is 0 Å². The van der Waals surface area contributed by atoms with E-state index >= 15 is 0 Å². The van der Waals surface area contributed by atoms with Gasteiger partial charge in [0.25, 0.3) is 0 Å². The number of hydrogen-bond acceptors (Lipinski definition) is 6. The number of nitrogens with zero attached hydrogens (tertiary/aromatic N) is 3.